The number of hydrogen-bond donors (Lipinski definition) is 1. The fourth-order valence-corrected chi connectivity index (χ4v) is 0.602. The Morgan fingerprint density at radius 2 is 2.11 bits per heavy atom. The predicted octanol–water partition coefficient (Wildman–Crippen LogP) is -0.283. The zero-order valence-electron chi connectivity index (χ0n) is 5.60. The number of nitrogens with two attached hydrogens (primary N) is 1. The van der Waals surface area contributed by atoms with Crippen LogP contribution in [0, 0.1) is 0 Å². The molecule has 0 spiro atoms. The largest absolute Gasteiger partial charge is 0.322 e. The van der Waals surface area contributed by atoms with Crippen LogP contribution in [0.5, 0.6) is 0 Å². The second-order valence-corrected chi connectivity index (χ2v) is 3.65. The third-order valence-electron chi connectivity index (χ3n) is 1.30. The van der Waals surface area contributed by atoms with E-state index in [4.69, 9.17) is 5.73 Å². The Balaban J connectivity index is 4.11. The summed E-state index contributed by atoms with van der Waals surface area (Å²) in [5.74, 6) is 0. The van der Waals surface area contributed by atoms with Crippen LogP contribution < -0.4 is 5.73 Å². The summed E-state index contributed by atoms with van der Waals surface area (Å²) in [6, 6.07) is -0.596. The highest BCUT2D eigenvalue weighted by atomic mass is 28.1. The molecule has 0 saturated carbocycles. The van der Waals surface area contributed by atoms with Gasteiger partial charge in [-0.25, -0.2) is 4.39 Å². The van der Waals surface area contributed by atoms with E-state index in [9.17, 15) is 4.39 Å². The summed E-state index contributed by atoms with van der Waals surface area (Å²) in [6.45, 7) is 6.72. The van der Waals surface area contributed by atoms with Crippen LogP contribution in [0.25, 0.3) is 0 Å². The van der Waals surface area contributed by atoms with E-state index in [1.807, 2.05) is 0 Å². The summed E-state index contributed by atoms with van der Waals surface area (Å²) in [5.41, 5.74) is 5.33. The molecule has 0 amide bonds. The average Bonchev–Trinajstić information content (AvgIpc) is 1.86. The van der Waals surface area contributed by atoms with Crippen LogP contribution in [0.4, 0.5) is 4.39 Å². The van der Waals surface area contributed by atoms with E-state index in [0.717, 1.165) is 0 Å². The van der Waals surface area contributed by atoms with Crippen molar-refractivity contribution >= 4 is 10.2 Å². The lowest BCUT2D eigenvalue weighted by atomic mass is 10.2. The van der Waals surface area contributed by atoms with Gasteiger partial charge < -0.3 is 5.73 Å². The van der Waals surface area contributed by atoms with E-state index in [1.165, 1.54) is 12.2 Å². The molecule has 0 aromatic rings. The molecule has 9 heavy (non-hydrogen) atoms. The molecule has 0 aromatic carbocycles. The van der Waals surface area contributed by atoms with Crippen LogP contribution in [0.15, 0.2) is 25.3 Å². The Morgan fingerprint density at radius 3 is 2.22 bits per heavy atom. The summed E-state index contributed by atoms with van der Waals surface area (Å²) < 4.78 is 13.0. The molecule has 2 unspecified atom stereocenters. The third-order valence-corrected chi connectivity index (χ3v) is 2.38. The molecule has 0 rings (SSSR count). The number of rotatable bonds is 3. The number of alkyl halides is 1. The Labute approximate surface area is 57.9 Å². The predicted molar refractivity (Wildman–Crippen MR) is 42.1 cm³/mol. The SMILES string of the molecule is C=CC(N)C(F)([SiH3])C=C. The molecule has 1 nitrogen and oxygen atoms in total. The van der Waals surface area contributed by atoms with Crippen molar-refractivity contribution in [1.82, 2.24) is 0 Å². The molecule has 52 valence electrons. The molecule has 3 heteroatoms. The minimum Gasteiger partial charge on any atom is -0.322 e. The molecule has 0 aromatic heterocycles. The Bertz CT molecular complexity index is 122. The first-order valence-corrected chi connectivity index (χ1v) is 3.75. The van der Waals surface area contributed by atoms with Gasteiger partial charge in [0.05, 0.1) is 16.3 Å². The molecule has 0 saturated heterocycles. The van der Waals surface area contributed by atoms with Crippen molar-refractivity contribution in [2.75, 3.05) is 0 Å². The Kier molecular flexibility index (Phi) is 2.80. The summed E-state index contributed by atoms with van der Waals surface area (Å²) >= 11 is 0. The molecule has 0 bridgehead atoms. The number of halogens is 1. The first-order chi connectivity index (χ1) is 4.04. The summed E-state index contributed by atoms with van der Waals surface area (Å²) in [6.07, 6.45) is 2.64. The van der Waals surface area contributed by atoms with E-state index in [-0.39, 0.29) is 0 Å². The maximum atomic E-state index is 13.0. The van der Waals surface area contributed by atoms with Gasteiger partial charge in [0, 0.05) is 0 Å². The molecule has 0 aliphatic heterocycles. The first kappa shape index (κ1) is 8.59. The van der Waals surface area contributed by atoms with Crippen LogP contribution in [-0.2, 0) is 0 Å². The summed E-state index contributed by atoms with van der Waals surface area (Å²) in [4.78, 5) is 0. The van der Waals surface area contributed by atoms with Crippen LogP contribution >= 0.6 is 0 Å². The topological polar surface area (TPSA) is 26.0 Å². The molecule has 0 heterocycles. The van der Waals surface area contributed by atoms with Crippen molar-refractivity contribution in [3.63, 3.8) is 0 Å². The van der Waals surface area contributed by atoms with Gasteiger partial charge in [-0.2, -0.15) is 0 Å². The van der Waals surface area contributed by atoms with E-state index in [1.54, 1.807) is 0 Å². The zero-order valence-corrected chi connectivity index (χ0v) is 7.60. The Hall–Kier alpha value is -0.413. The molecule has 0 radical (unpaired) electrons. The highest BCUT2D eigenvalue weighted by Gasteiger charge is 2.24. The minimum atomic E-state index is -1.39. The summed E-state index contributed by atoms with van der Waals surface area (Å²) in [5, 5.41) is -1.39. The fourth-order valence-electron chi connectivity index (χ4n) is 0.367. The van der Waals surface area contributed by atoms with Gasteiger partial charge in [0.2, 0.25) is 0 Å². The van der Waals surface area contributed by atoms with E-state index < -0.39 is 11.3 Å². The van der Waals surface area contributed by atoms with Crippen molar-refractivity contribution in [3.8, 4) is 0 Å². The van der Waals surface area contributed by atoms with Gasteiger partial charge in [-0.1, -0.05) is 12.2 Å². The van der Waals surface area contributed by atoms with Crippen LogP contribution in [-0.4, -0.2) is 21.6 Å². The quantitative estimate of drug-likeness (QED) is 0.429. The molecular formula is C6H12FNSi. The normalized spacial score (nSPS) is 20.2. The molecule has 2 N–H and O–H groups in total. The van der Waals surface area contributed by atoms with Crippen molar-refractivity contribution in [2.24, 2.45) is 5.73 Å². The fraction of sp³-hybridized carbons (Fsp3) is 0.333. The average molecular weight is 145 g/mol. The second-order valence-electron chi connectivity index (χ2n) is 2.12. The highest BCUT2D eigenvalue weighted by molar-refractivity contribution is 6.16. The molecule has 2 atom stereocenters. The molecule has 0 aliphatic carbocycles. The summed E-state index contributed by atoms with van der Waals surface area (Å²) in [7, 11) is 0.361. The molecule has 0 aliphatic rings. The van der Waals surface area contributed by atoms with Gasteiger partial charge in [-0.15, -0.1) is 13.2 Å². The van der Waals surface area contributed by atoms with E-state index in [0.29, 0.717) is 10.2 Å². The van der Waals surface area contributed by atoms with Crippen LogP contribution in [0.3, 0.4) is 0 Å². The maximum absolute atomic E-state index is 13.0. The first-order valence-electron chi connectivity index (χ1n) is 2.75. The van der Waals surface area contributed by atoms with Crippen molar-refractivity contribution in [3.05, 3.63) is 25.3 Å². The van der Waals surface area contributed by atoms with E-state index in [2.05, 4.69) is 13.2 Å². The van der Waals surface area contributed by atoms with Crippen molar-refractivity contribution in [1.29, 1.82) is 0 Å². The van der Waals surface area contributed by atoms with Crippen LogP contribution in [0.2, 0.25) is 0 Å². The van der Waals surface area contributed by atoms with Crippen molar-refractivity contribution < 1.29 is 4.39 Å². The minimum absolute atomic E-state index is 0.361. The molecule has 0 fully saturated rings. The van der Waals surface area contributed by atoms with Gasteiger partial charge in [0.25, 0.3) is 0 Å². The lowest BCUT2D eigenvalue weighted by Crippen LogP contribution is -2.41. The lowest BCUT2D eigenvalue weighted by molar-refractivity contribution is 0.318. The smallest absolute Gasteiger partial charge is 0.124 e. The van der Waals surface area contributed by atoms with Gasteiger partial charge >= 0.3 is 0 Å². The van der Waals surface area contributed by atoms with Gasteiger partial charge in [-0.3, -0.25) is 0 Å². The lowest BCUT2D eigenvalue weighted by Gasteiger charge is -2.20. The third kappa shape index (κ3) is 2.11. The second kappa shape index (κ2) is 2.94. The standard InChI is InChI=1S/C6H12FNSi/c1-3-5(8)6(7,9)4-2/h3-5H,1-2,8H2,9H3. The Morgan fingerprint density at radius 1 is 1.67 bits per heavy atom. The van der Waals surface area contributed by atoms with E-state index >= 15 is 0 Å². The number of hydrogen-bond acceptors (Lipinski definition) is 1. The van der Waals surface area contributed by atoms with Gasteiger partial charge in [0.1, 0.15) is 5.29 Å². The highest BCUT2D eigenvalue weighted by Crippen LogP contribution is 2.11. The maximum Gasteiger partial charge on any atom is 0.124 e. The zero-order chi connectivity index (χ0) is 7.49. The molecular weight excluding hydrogens is 133 g/mol. The van der Waals surface area contributed by atoms with Crippen molar-refractivity contribution in [2.45, 2.75) is 11.3 Å². The van der Waals surface area contributed by atoms with Crippen LogP contribution in [0.1, 0.15) is 0 Å². The van der Waals surface area contributed by atoms with Gasteiger partial charge in [0.15, 0.2) is 0 Å². The monoisotopic (exact) mass is 145 g/mol. The van der Waals surface area contributed by atoms with Gasteiger partial charge in [-0.05, 0) is 0 Å².